The van der Waals surface area contributed by atoms with E-state index in [4.69, 9.17) is 0 Å². The van der Waals surface area contributed by atoms with Crippen molar-refractivity contribution in [3.05, 3.63) is 17.0 Å². The first kappa shape index (κ1) is 15.0. The van der Waals surface area contributed by atoms with Crippen LogP contribution in [0.5, 0.6) is 0 Å². The number of aromatic amines is 1. The van der Waals surface area contributed by atoms with Crippen molar-refractivity contribution in [2.24, 2.45) is 0 Å². The highest BCUT2D eigenvalue weighted by Gasteiger charge is 2.15. The summed E-state index contributed by atoms with van der Waals surface area (Å²) in [5.41, 5.74) is 4.18. The highest BCUT2D eigenvalue weighted by Crippen LogP contribution is 2.21. The Bertz CT molecular complexity index is 420. The molecule has 0 atom stereocenters. The molecule has 1 saturated heterocycles. The third kappa shape index (κ3) is 4.30. The molecule has 0 aromatic carbocycles. The van der Waals surface area contributed by atoms with Crippen molar-refractivity contribution in [1.82, 2.24) is 20.4 Å². The van der Waals surface area contributed by atoms with Gasteiger partial charge in [0.15, 0.2) is 0 Å². The number of H-pyrrole nitrogens is 1. The van der Waals surface area contributed by atoms with Crippen molar-refractivity contribution in [3.8, 4) is 0 Å². The molecule has 2 N–H and O–H groups in total. The number of rotatable bonds is 6. The quantitative estimate of drug-likeness (QED) is 0.625. The zero-order valence-electron chi connectivity index (χ0n) is 13.3. The van der Waals surface area contributed by atoms with Crippen LogP contribution in [0.2, 0.25) is 0 Å². The van der Waals surface area contributed by atoms with E-state index in [1.54, 1.807) is 0 Å². The van der Waals surface area contributed by atoms with Gasteiger partial charge in [0.1, 0.15) is 0 Å². The van der Waals surface area contributed by atoms with Crippen LogP contribution in [0.25, 0.3) is 0 Å². The molecule has 1 aromatic heterocycles. The van der Waals surface area contributed by atoms with Crippen LogP contribution in [0.4, 0.5) is 0 Å². The summed E-state index contributed by atoms with van der Waals surface area (Å²) < 4.78 is 0. The number of likely N-dealkylation sites (tertiary alicyclic amines) is 1. The van der Waals surface area contributed by atoms with Gasteiger partial charge in [0.2, 0.25) is 0 Å². The summed E-state index contributed by atoms with van der Waals surface area (Å²) in [6, 6.07) is 0. The average molecular weight is 290 g/mol. The van der Waals surface area contributed by atoms with Gasteiger partial charge in [0.25, 0.3) is 0 Å². The predicted octanol–water partition coefficient (Wildman–Crippen LogP) is 2.64. The van der Waals surface area contributed by atoms with Gasteiger partial charge in [-0.3, -0.25) is 5.10 Å². The molecule has 118 valence electrons. The number of piperidine rings is 1. The predicted molar refractivity (Wildman–Crippen MR) is 86.5 cm³/mol. The van der Waals surface area contributed by atoms with E-state index >= 15 is 0 Å². The average Bonchev–Trinajstić information content (AvgIpc) is 2.76. The molecular formula is C17H30N4. The first-order chi connectivity index (χ1) is 10.4. The SMILES string of the molecule is C1CCc2[nH]nc(CNCCCN3CCCCC3)c2CC1. The van der Waals surface area contributed by atoms with E-state index in [2.05, 4.69) is 20.4 Å². The van der Waals surface area contributed by atoms with Crippen LogP contribution in [0.15, 0.2) is 0 Å². The van der Waals surface area contributed by atoms with Crippen molar-refractivity contribution in [3.63, 3.8) is 0 Å². The zero-order chi connectivity index (χ0) is 14.3. The van der Waals surface area contributed by atoms with E-state index in [9.17, 15) is 0 Å². The van der Waals surface area contributed by atoms with Crippen LogP contribution in [0.1, 0.15) is 61.9 Å². The standard InChI is InChI=1S/C17H30N4/c1-3-8-15-16(9-4-1)19-20-17(15)14-18-10-7-13-21-11-5-2-6-12-21/h18H,1-14H2,(H,19,20). The van der Waals surface area contributed by atoms with Gasteiger partial charge >= 0.3 is 0 Å². The van der Waals surface area contributed by atoms with Crippen LogP contribution in [-0.2, 0) is 19.4 Å². The highest BCUT2D eigenvalue weighted by atomic mass is 15.1. The summed E-state index contributed by atoms with van der Waals surface area (Å²) >= 11 is 0. The van der Waals surface area contributed by atoms with E-state index < -0.39 is 0 Å². The lowest BCUT2D eigenvalue weighted by Crippen LogP contribution is -2.32. The van der Waals surface area contributed by atoms with Gasteiger partial charge in [-0.15, -0.1) is 0 Å². The van der Waals surface area contributed by atoms with Crippen molar-refractivity contribution >= 4 is 0 Å². The summed E-state index contributed by atoms with van der Waals surface area (Å²) in [5.74, 6) is 0. The lowest BCUT2D eigenvalue weighted by atomic mass is 10.1. The highest BCUT2D eigenvalue weighted by molar-refractivity contribution is 5.26. The second-order valence-electron chi connectivity index (χ2n) is 6.62. The summed E-state index contributed by atoms with van der Waals surface area (Å²) in [6.45, 7) is 5.93. The van der Waals surface area contributed by atoms with Gasteiger partial charge in [-0.1, -0.05) is 12.8 Å². The maximum atomic E-state index is 4.53. The molecule has 1 aliphatic carbocycles. The number of fused-ring (bicyclic) bond motifs is 1. The minimum absolute atomic E-state index is 0.936. The fraction of sp³-hybridized carbons (Fsp3) is 0.824. The second-order valence-corrected chi connectivity index (χ2v) is 6.62. The zero-order valence-corrected chi connectivity index (χ0v) is 13.3. The first-order valence-electron chi connectivity index (χ1n) is 8.91. The van der Waals surface area contributed by atoms with E-state index in [1.165, 1.54) is 94.4 Å². The van der Waals surface area contributed by atoms with Crippen molar-refractivity contribution < 1.29 is 0 Å². The van der Waals surface area contributed by atoms with Crippen molar-refractivity contribution in [1.29, 1.82) is 0 Å². The molecule has 0 spiro atoms. The van der Waals surface area contributed by atoms with Gasteiger partial charge in [-0.2, -0.15) is 5.10 Å². The molecule has 3 rings (SSSR count). The molecule has 1 aliphatic heterocycles. The lowest BCUT2D eigenvalue weighted by Gasteiger charge is -2.26. The molecule has 2 heterocycles. The minimum atomic E-state index is 0.936. The fourth-order valence-corrected chi connectivity index (χ4v) is 3.69. The Hall–Kier alpha value is -0.870. The summed E-state index contributed by atoms with van der Waals surface area (Å²) in [4.78, 5) is 2.62. The molecule has 0 bridgehead atoms. The van der Waals surface area contributed by atoms with E-state index in [0.717, 1.165) is 13.1 Å². The second kappa shape index (κ2) is 7.95. The molecular weight excluding hydrogens is 260 g/mol. The Morgan fingerprint density at radius 3 is 2.71 bits per heavy atom. The first-order valence-corrected chi connectivity index (χ1v) is 8.91. The Morgan fingerprint density at radius 1 is 1.00 bits per heavy atom. The maximum Gasteiger partial charge on any atom is 0.0794 e. The van der Waals surface area contributed by atoms with Crippen LogP contribution in [0, 0.1) is 0 Å². The summed E-state index contributed by atoms with van der Waals surface area (Å²) in [7, 11) is 0. The molecule has 1 aromatic rings. The Kier molecular flexibility index (Phi) is 5.69. The Morgan fingerprint density at radius 2 is 1.81 bits per heavy atom. The third-order valence-electron chi connectivity index (χ3n) is 4.96. The van der Waals surface area contributed by atoms with Gasteiger partial charge in [0.05, 0.1) is 5.69 Å². The maximum absolute atomic E-state index is 4.53. The van der Waals surface area contributed by atoms with Crippen LogP contribution in [-0.4, -0.2) is 41.3 Å². The Balaban J connectivity index is 1.36. The normalized spacial score (nSPS) is 20.2. The van der Waals surface area contributed by atoms with E-state index in [1.807, 2.05) is 0 Å². The van der Waals surface area contributed by atoms with Crippen molar-refractivity contribution in [2.45, 2.75) is 64.3 Å². The molecule has 1 fully saturated rings. The molecule has 2 aliphatic rings. The van der Waals surface area contributed by atoms with Gasteiger partial charge in [0, 0.05) is 12.2 Å². The van der Waals surface area contributed by atoms with E-state index in [-0.39, 0.29) is 0 Å². The molecule has 4 nitrogen and oxygen atoms in total. The number of hydrogen-bond donors (Lipinski definition) is 2. The van der Waals surface area contributed by atoms with E-state index in [0.29, 0.717) is 0 Å². The largest absolute Gasteiger partial charge is 0.311 e. The van der Waals surface area contributed by atoms with Crippen LogP contribution in [0.3, 0.4) is 0 Å². The van der Waals surface area contributed by atoms with Crippen LogP contribution >= 0.6 is 0 Å². The molecule has 0 amide bonds. The topological polar surface area (TPSA) is 44.0 Å². The number of aromatic nitrogens is 2. The van der Waals surface area contributed by atoms with Crippen molar-refractivity contribution in [2.75, 3.05) is 26.2 Å². The lowest BCUT2D eigenvalue weighted by molar-refractivity contribution is 0.225. The van der Waals surface area contributed by atoms with Crippen LogP contribution < -0.4 is 5.32 Å². The minimum Gasteiger partial charge on any atom is -0.311 e. The number of nitrogens with one attached hydrogen (secondary N) is 2. The summed E-state index contributed by atoms with van der Waals surface area (Å²) in [5, 5.41) is 11.4. The fourth-order valence-electron chi connectivity index (χ4n) is 3.69. The number of nitrogens with zero attached hydrogens (tertiary/aromatic N) is 2. The van der Waals surface area contributed by atoms with Gasteiger partial charge in [-0.25, -0.2) is 0 Å². The molecule has 21 heavy (non-hydrogen) atoms. The number of aryl methyl sites for hydroxylation is 1. The number of hydrogen-bond acceptors (Lipinski definition) is 3. The van der Waals surface area contributed by atoms with Gasteiger partial charge < -0.3 is 10.2 Å². The summed E-state index contributed by atoms with van der Waals surface area (Å²) in [6.07, 6.45) is 11.9. The monoisotopic (exact) mass is 290 g/mol. The molecule has 4 heteroatoms. The molecule has 0 unspecified atom stereocenters. The third-order valence-corrected chi connectivity index (χ3v) is 4.96. The van der Waals surface area contributed by atoms with Gasteiger partial charge in [-0.05, 0) is 76.7 Å². The smallest absolute Gasteiger partial charge is 0.0794 e. The molecule has 0 saturated carbocycles. The Labute approximate surface area is 128 Å². The molecule has 0 radical (unpaired) electrons.